The predicted octanol–water partition coefficient (Wildman–Crippen LogP) is 1.32. The summed E-state index contributed by atoms with van der Waals surface area (Å²) in [5.41, 5.74) is 0. The van der Waals surface area contributed by atoms with Crippen LogP contribution in [0.3, 0.4) is 0 Å². The van der Waals surface area contributed by atoms with Gasteiger partial charge in [-0.05, 0) is 26.8 Å². The molecular weight excluding hydrogens is 338 g/mol. The summed E-state index contributed by atoms with van der Waals surface area (Å²) in [6, 6.07) is 0.923. The van der Waals surface area contributed by atoms with Gasteiger partial charge in [-0.3, -0.25) is 4.79 Å². The van der Waals surface area contributed by atoms with E-state index < -0.39 is 16.1 Å². The van der Waals surface area contributed by atoms with E-state index in [1.165, 1.54) is 18.5 Å². The van der Waals surface area contributed by atoms with Gasteiger partial charge in [0.2, 0.25) is 10.0 Å². The van der Waals surface area contributed by atoms with Crippen LogP contribution < -0.4 is 10.0 Å². The smallest absolute Gasteiger partial charge is 0.261 e. The number of sulfonamides is 1. The molecule has 0 fully saturated rings. The van der Waals surface area contributed by atoms with Crippen molar-refractivity contribution in [3.8, 4) is 0 Å². The zero-order valence-electron chi connectivity index (χ0n) is 13.3. The maximum atomic E-state index is 12.4. The Balaban J connectivity index is 2.22. The Hall–Kier alpha value is -1.78. The SMILES string of the molecule is CNC(=O)c1cc(S(=O)(=O)N[C@@H](C)c2nncn2C(C)C)cs1. The average Bonchev–Trinajstić information content (AvgIpc) is 3.15. The highest BCUT2D eigenvalue weighted by Gasteiger charge is 2.24. The van der Waals surface area contributed by atoms with Crippen molar-refractivity contribution in [1.29, 1.82) is 0 Å². The molecule has 23 heavy (non-hydrogen) atoms. The van der Waals surface area contributed by atoms with Crippen LogP contribution in [0.4, 0.5) is 0 Å². The second-order valence-electron chi connectivity index (χ2n) is 5.26. The third kappa shape index (κ3) is 3.77. The van der Waals surface area contributed by atoms with Gasteiger partial charge in [-0.25, -0.2) is 13.1 Å². The van der Waals surface area contributed by atoms with Crippen LogP contribution in [0.1, 0.15) is 48.4 Å². The van der Waals surface area contributed by atoms with Crippen LogP contribution in [-0.4, -0.2) is 36.1 Å². The van der Waals surface area contributed by atoms with Gasteiger partial charge in [-0.15, -0.1) is 21.5 Å². The van der Waals surface area contributed by atoms with Gasteiger partial charge in [0, 0.05) is 18.5 Å². The lowest BCUT2D eigenvalue weighted by Crippen LogP contribution is -2.29. The van der Waals surface area contributed by atoms with E-state index in [-0.39, 0.29) is 16.8 Å². The van der Waals surface area contributed by atoms with Crippen molar-refractivity contribution in [3.05, 3.63) is 28.5 Å². The lowest BCUT2D eigenvalue weighted by molar-refractivity contribution is 0.0967. The standard InChI is InChI=1S/C13H19N5O3S2/c1-8(2)18-7-15-16-12(18)9(3)17-23(20,21)10-5-11(22-6-10)13(19)14-4/h5-9,17H,1-4H3,(H,14,19)/t9-/m0/s1. The average molecular weight is 357 g/mol. The minimum Gasteiger partial charge on any atom is -0.354 e. The zero-order chi connectivity index (χ0) is 17.2. The summed E-state index contributed by atoms with van der Waals surface area (Å²) in [6.07, 6.45) is 1.57. The van der Waals surface area contributed by atoms with E-state index in [4.69, 9.17) is 0 Å². The maximum Gasteiger partial charge on any atom is 0.261 e. The summed E-state index contributed by atoms with van der Waals surface area (Å²) in [5.74, 6) is 0.217. The van der Waals surface area contributed by atoms with Crippen LogP contribution in [0.2, 0.25) is 0 Å². The molecule has 126 valence electrons. The molecule has 0 unspecified atom stereocenters. The van der Waals surface area contributed by atoms with Crippen molar-refractivity contribution in [3.63, 3.8) is 0 Å². The van der Waals surface area contributed by atoms with Crippen LogP contribution in [0.5, 0.6) is 0 Å². The molecule has 2 rings (SSSR count). The van der Waals surface area contributed by atoms with Crippen LogP contribution in [0.15, 0.2) is 22.7 Å². The zero-order valence-corrected chi connectivity index (χ0v) is 14.9. The number of hydrogen-bond acceptors (Lipinski definition) is 6. The molecular formula is C13H19N5O3S2. The molecule has 0 spiro atoms. The molecule has 2 N–H and O–H groups in total. The molecule has 0 aromatic carbocycles. The number of nitrogens with one attached hydrogen (secondary N) is 2. The summed E-state index contributed by atoms with van der Waals surface area (Å²) in [5, 5.41) is 11.7. The molecule has 2 heterocycles. The van der Waals surface area contributed by atoms with E-state index in [0.29, 0.717) is 10.7 Å². The van der Waals surface area contributed by atoms with Crippen LogP contribution in [-0.2, 0) is 10.0 Å². The molecule has 0 radical (unpaired) electrons. The van der Waals surface area contributed by atoms with Gasteiger partial charge in [0.05, 0.1) is 15.8 Å². The first-order valence-electron chi connectivity index (χ1n) is 6.98. The molecule has 2 aromatic rings. The second-order valence-corrected chi connectivity index (χ2v) is 7.88. The van der Waals surface area contributed by atoms with Gasteiger partial charge in [-0.2, -0.15) is 0 Å². The van der Waals surface area contributed by atoms with E-state index in [9.17, 15) is 13.2 Å². The summed E-state index contributed by atoms with van der Waals surface area (Å²) in [4.78, 5) is 11.9. The van der Waals surface area contributed by atoms with E-state index in [2.05, 4.69) is 20.2 Å². The Labute approximate surface area is 139 Å². The van der Waals surface area contributed by atoms with Crippen LogP contribution in [0, 0.1) is 0 Å². The highest BCUT2D eigenvalue weighted by atomic mass is 32.2. The number of rotatable bonds is 6. The van der Waals surface area contributed by atoms with Gasteiger partial charge < -0.3 is 9.88 Å². The Morgan fingerprint density at radius 3 is 2.65 bits per heavy atom. The van der Waals surface area contributed by atoms with Crippen LogP contribution >= 0.6 is 11.3 Å². The first-order chi connectivity index (χ1) is 10.8. The topological polar surface area (TPSA) is 106 Å². The fraction of sp³-hybridized carbons (Fsp3) is 0.462. The highest BCUT2D eigenvalue weighted by Crippen LogP contribution is 2.22. The first kappa shape index (κ1) is 17.6. The Morgan fingerprint density at radius 1 is 1.35 bits per heavy atom. The highest BCUT2D eigenvalue weighted by molar-refractivity contribution is 7.89. The Kier molecular flexibility index (Phi) is 5.17. The fourth-order valence-electron chi connectivity index (χ4n) is 2.01. The van der Waals surface area contributed by atoms with Crippen molar-refractivity contribution in [2.75, 3.05) is 7.05 Å². The molecule has 0 saturated heterocycles. The lowest BCUT2D eigenvalue weighted by atomic mass is 10.3. The van der Waals surface area contributed by atoms with E-state index in [0.717, 1.165) is 11.3 Å². The lowest BCUT2D eigenvalue weighted by Gasteiger charge is -2.16. The van der Waals surface area contributed by atoms with E-state index in [1.807, 2.05) is 13.8 Å². The molecule has 1 atom stereocenters. The summed E-state index contributed by atoms with van der Waals surface area (Å²) in [7, 11) is -2.25. The number of nitrogens with zero attached hydrogens (tertiary/aromatic N) is 3. The number of hydrogen-bond donors (Lipinski definition) is 2. The molecule has 0 bridgehead atoms. The van der Waals surface area contributed by atoms with Gasteiger partial charge >= 0.3 is 0 Å². The third-order valence-corrected chi connectivity index (χ3v) is 5.81. The van der Waals surface area contributed by atoms with Crippen molar-refractivity contribution in [1.82, 2.24) is 24.8 Å². The third-order valence-electron chi connectivity index (χ3n) is 3.21. The first-order valence-corrected chi connectivity index (χ1v) is 9.35. The van der Waals surface area contributed by atoms with Crippen LogP contribution in [0.25, 0.3) is 0 Å². The molecule has 1 amide bonds. The fourth-order valence-corrected chi connectivity index (χ4v) is 4.44. The summed E-state index contributed by atoms with van der Waals surface area (Å²) < 4.78 is 29.3. The number of carbonyl (C=O) groups excluding carboxylic acids is 1. The minimum absolute atomic E-state index is 0.0589. The predicted molar refractivity (Wildman–Crippen MR) is 86.9 cm³/mol. The molecule has 0 aliphatic heterocycles. The van der Waals surface area contributed by atoms with Gasteiger partial charge in [0.1, 0.15) is 6.33 Å². The Bertz CT molecular complexity index is 794. The van der Waals surface area contributed by atoms with E-state index >= 15 is 0 Å². The summed E-state index contributed by atoms with van der Waals surface area (Å²) >= 11 is 1.08. The number of amides is 1. The minimum atomic E-state index is -3.75. The molecule has 2 aromatic heterocycles. The molecule has 0 aliphatic rings. The van der Waals surface area contributed by atoms with Crippen molar-refractivity contribution in [2.45, 2.75) is 37.8 Å². The number of aromatic nitrogens is 3. The molecule has 0 aliphatic carbocycles. The second kappa shape index (κ2) is 6.77. The number of carbonyl (C=O) groups is 1. The Morgan fingerprint density at radius 2 is 2.04 bits per heavy atom. The van der Waals surface area contributed by atoms with Crippen molar-refractivity contribution in [2.24, 2.45) is 0 Å². The molecule has 0 saturated carbocycles. The van der Waals surface area contributed by atoms with E-state index in [1.54, 1.807) is 17.8 Å². The van der Waals surface area contributed by atoms with Gasteiger partial charge in [0.25, 0.3) is 5.91 Å². The molecule has 10 heteroatoms. The normalized spacial score (nSPS) is 13.3. The molecule has 8 nitrogen and oxygen atoms in total. The van der Waals surface area contributed by atoms with Crippen molar-refractivity contribution >= 4 is 27.3 Å². The van der Waals surface area contributed by atoms with Gasteiger partial charge in [-0.1, -0.05) is 0 Å². The number of thiophene rings is 1. The van der Waals surface area contributed by atoms with Crippen molar-refractivity contribution < 1.29 is 13.2 Å². The largest absolute Gasteiger partial charge is 0.354 e. The maximum absolute atomic E-state index is 12.4. The van der Waals surface area contributed by atoms with Gasteiger partial charge in [0.15, 0.2) is 5.82 Å². The monoisotopic (exact) mass is 357 g/mol. The summed E-state index contributed by atoms with van der Waals surface area (Å²) in [6.45, 7) is 5.62. The quantitative estimate of drug-likeness (QED) is 0.811.